The van der Waals surface area contributed by atoms with Gasteiger partial charge in [0.25, 0.3) is 0 Å². The van der Waals surface area contributed by atoms with Gasteiger partial charge in [0.1, 0.15) is 17.2 Å². The van der Waals surface area contributed by atoms with Crippen LogP contribution in [-0.4, -0.2) is 21.1 Å². The second kappa shape index (κ2) is 6.40. The molecule has 0 saturated heterocycles. The number of nitrogen functional groups attached to an aromatic ring is 1. The Balaban J connectivity index is 2.22. The van der Waals surface area contributed by atoms with Gasteiger partial charge in [-0.25, -0.2) is 14.4 Å². The first-order valence-electron chi connectivity index (χ1n) is 8.07. The van der Waals surface area contributed by atoms with Crippen LogP contribution < -0.4 is 10.6 Å². The lowest BCUT2D eigenvalue weighted by molar-refractivity contribution is 0.622. The molecule has 0 aliphatic carbocycles. The molecule has 0 fully saturated rings. The standard InChI is InChI=1S/C18H19FN6/c1-4-12-6-11(9-20)7-13(19)17(12)25(5-2)15-8-14-16(18(21)23-15)22-10-24(14)3/h6-8,10H,4-5H2,1-3H3,(H2,21,23). The average Bonchev–Trinajstić information content (AvgIpc) is 2.98. The van der Waals surface area contributed by atoms with Crippen molar-refractivity contribution in [2.45, 2.75) is 20.3 Å². The lowest BCUT2D eigenvalue weighted by Crippen LogP contribution is -2.21. The van der Waals surface area contributed by atoms with Gasteiger partial charge in [0.2, 0.25) is 0 Å². The van der Waals surface area contributed by atoms with E-state index in [0.717, 1.165) is 11.1 Å². The van der Waals surface area contributed by atoms with Crippen molar-refractivity contribution in [2.24, 2.45) is 7.05 Å². The van der Waals surface area contributed by atoms with Crippen LogP contribution in [0.2, 0.25) is 0 Å². The van der Waals surface area contributed by atoms with E-state index in [2.05, 4.69) is 9.97 Å². The summed E-state index contributed by atoms with van der Waals surface area (Å²) in [5.74, 6) is 0.413. The molecule has 2 heterocycles. The Bertz CT molecular complexity index is 985. The molecule has 1 aromatic carbocycles. The molecule has 0 unspecified atom stereocenters. The van der Waals surface area contributed by atoms with Crippen molar-refractivity contribution in [1.82, 2.24) is 14.5 Å². The topological polar surface area (TPSA) is 83.8 Å². The molecule has 6 nitrogen and oxygen atoms in total. The maximum Gasteiger partial charge on any atom is 0.154 e. The summed E-state index contributed by atoms with van der Waals surface area (Å²) < 4.78 is 16.6. The summed E-state index contributed by atoms with van der Waals surface area (Å²) >= 11 is 0. The van der Waals surface area contributed by atoms with Gasteiger partial charge in [0.15, 0.2) is 5.82 Å². The summed E-state index contributed by atoms with van der Waals surface area (Å²) in [4.78, 5) is 10.4. The van der Waals surface area contributed by atoms with E-state index in [-0.39, 0.29) is 0 Å². The fraction of sp³-hybridized carbons (Fsp3) is 0.278. The van der Waals surface area contributed by atoms with E-state index in [1.54, 1.807) is 17.3 Å². The number of anilines is 3. The quantitative estimate of drug-likeness (QED) is 0.789. The van der Waals surface area contributed by atoms with Gasteiger partial charge in [0.05, 0.1) is 29.2 Å². The largest absolute Gasteiger partial charge is 0.382 e. The summed E-state index contributed by atoms with van der Waals surface area (Å²) in [6.45, 7) is 4.35. The molecule has 0 aliphatic heterocycles. The highest BCUT2D eigenvalue weighted by Crippen LogP contribution is 2.33. The lowest BCUT2D eigenvalue weighted by Gasteiger charge is -2.25. The van der Waals surface area contributed by atoms with Crippen LogP contribution >= 0.6 is 0 Å². The fourth-order valence-electron chi connectivity index (χ4n) is 3.00. The van der Waals surface area contributed by atoms with Gasteiger partial charge in [0, 0.05) is 19.7 Å². The molecule has 128 valence electrons. The second-order valence-corrected chi connectivity index (χ2v) is 5.76. The molecule has 2 N–H and O–H groups in total. The summed E-state index contributed by atoms with van der Waals surface area (Å²) in [5, 5.41) is 9.08. The number of benzene rings is 1. The number of aryl methyl sites for hydroxylation is 2. The monoisotopic (exact) mass is 338 g/mol. The summed E-state index contributed by atoms with van der Waals surface area (Å²) in [6.07, 6.45) is 2.27. The SMILES string of the molecule is CCc1cc(C#N)cc(F)c1N(CC)c1cc2c(ncn2C)c(N)n1. The number of nitrogens with zero attached hydrogens (tertiary/aromatic N) is 5. The number of hydrogen-bond donors (Lipinski definition) is 1. The first kappa shape index (κ1) is 16.7. The van der Waals surface area contributed by atoms with Crippen LogP contribution in [0.3, 0.4) is 0 Å². The van der Waals surface area contributed by atoms with Gasteiger partial charge >= 0.3 is 0 Å². The summed E-state index contributed by atoms with van der Waals surface area (Å²) in [5.41, 5.74) is 8.99. The van der Waals surface area contributed by atoms with E-state index in [9.17, 15) is 4.39 Å². The van der Waals surface area contributed by atoms with E-state index >= 15 is 0 Å². The zero-order chi connectivity index (χ0) is 18.1. The number of imidazole rings is 1. The predicted molar refractivity (Wildman–Crippen MR) is 96.1 cm³/mol. The lowest BCUT2D eigenvalue weighted by atomic mass is 10.0. The molecule has 0 radical (unpaired) electrons. The average molecular weight is 338 g/mol. The van der Waals surface area contributed by atoms with E-state index in [0.29, 0.717) is 41.4 Å². The normalized spacial score (nSPS) is 10.8. The third-order valence-electron chi connectivity index (χ3n) is 4.24. The van der Waals surface area contributed by atoms with Crippen molar-refractivity contribution in [3.63, 3.8) is 0 Å². The van der Waals surface area contributed by atoms with Gasteiger partial charge in [-0.15, -0.1) is 0 Å². The molecular weight excluding hydrogens is 319 g/mol. The zero-order valence-corrected chi connectivity index (χ0v) is 14.4. The number of fused-ring (bicyclic) bond motifs is 1. The number of nitriles is 1. The third kappa shape index (κ3) is 2.76. The van der Waals surface area contributed by atoms with E-state index in [1.165, 1.54) is 6.07 Å². The molecule has 7 heteroatoms. The maximum atomic E-state index is 14.8. The molecule has 0 bridgehead atoms. The van der Waals surface area contributed by atoms with Crippen molar-refractivity contribution in [2.75, 3.05) is 17.2 Å². The van der Waals surface area contributed by atoms with Crippen LogP contribution in [0.5, 0.6) is 0 Å². The van der Waals surface area contributed by atoms with Crippen LogP contribution in [0, 0.1) is 17.1 Å². The van der Waals surface area contributed by atoms with Crippen molar-refractivity contribution in [3.05, 3.63) is 41.5 Å². The Kier molecular flexibility index (Phi) is 4.28. The zero-order valence-electron chi connectivity index (χ0n) is 14.4. The van der Waals surface area contributed by atoms with Crippen LogP contribution in [-0.2, 0) is 13.5 Å². The first-order chi connectivity index (χ1) is 12.0. The minimum Gasteiger partial charge on any atom is -0.382 e. The van der Waals surface area contributed by atoms with Gasteiger partial charge in [-0.3, -0.25) is 0 Å². The highest BCUT2D eigenvalue weighted by molar-refractivity contribution is 5.88. The van der Waals surface area contributed by atoms with E-state index < -0.39 is 5.82 Å². The van der Waals surface area contributed by atoms with Crippen LogP contribution in [0.1, 0.15) is 25.0 Å². The van der Waals surface area contributed by atoms with E-state index in [1.807, 2.05) is 37.6 Å². The number of aromatic nitrogens is 3. The summed E-state index contributed by atoms with van der Waals surface area (Å²) in [7, 11) is 1.87. The Labute approximate surface area is 145 Å². The van der Waals surface area contributed by atoms with Gasteiger partial charge in [-0.1, -0.05) is 6.92 Å². The number of halogens is 1. The minimum absolute atomic E-state index is 0.304. The van der Waals surface area contributed by atoms with Crippen molar-refractivity contribution >= 4 is 28.4 Å². The predicted octanol–water partition coefficient (Wildman–Crippen LogP) is 3.28. The number of hydrogen-bond acceptors (Lipinski definition) is 5. The van der Waals surface area contributed by atoms with Crippen molar-refractivity contribution in [1.29, 1.82) is 5.26 Å². The molecule has 0 saturated carbocycles. The Hall–Kier alpha value is -3.14. The fourth-order valence-corrected chi connectivity index (χ4v) is 3.00. The molecule has 2 aromatic heterocycles. The molecule has 0 aliphatic rings. The molecule has 3 aromatic rings. The van der Waals surface area contributed by atoms with Gasteiger partial charge < -0.3 is 15.2 Å². The van der Waals surface area contributed by atoms with Crippen LogP contribution in [0.25, 0.3) is 11.0 Å². The maximum absolute atomic E-state index is 14.8. The molecule has 25 heavy (non-hydrogen) atoms. The smallest absolute Gasteiger partial charge is 0.154 e. The number of rotatable bonds is 4. The highest BCUT2D eigenvalue weighted by Gasteiger charge is 2.20. The second-order valence-electron chi connectivity index (χ2n) is 5.76. The van der Waals surface area contributed by atoms with Crippen LogP contribution in [0.15, 0.2) is 24.5 Å². The minimum atomic E-state index is -0.441. The Morgan fingerprint density at radius 3 is 2.72 bits per heavy atom. The van der Waals surface area contributed by atoms with Gasteiger partial charge in [-0.2, -0.15) is 5.26 Å². The van der Waals surface area contributed by atoms with Crippen molar-refractivity contribution in [3.8, 4) is 6.07 Å². The third-order valence-corrected chi connectivity index (χ3v) is 4.24. The molecule has 0 atom stereocenters. The highest BCUT2D eigenvalue weighted by atomic mass is 19.1. The first-order valence-corrected chi connectivity index (χ1v) is 8.07. The molecule has 0 amide bonds. The van der Waals surface area contributed by atoms with Crippen LogP contribution in [0.4, 0.5) is 21.7 Å². The van der Waals surface area contributed by atoms with E-state index in [4.69, 9.17) is 11.0 Å². The number of pyridine rings is 1. The van der Waals surface area contributed by atoms with Crippen molar-refractivity contribution < 1.29 is 4.39 Å². The Morgan fingerprint density at radius 2 is 2.08 bits per heavy atom. The summed E-state index contributed by atoms with van der Waals surface area (Å²) in [6, 6.07) is 6.81. The number of nitrogens with two attached hydrogens (primary N) is 1. The molecule has 3 rings (SSSR count). The van der Waals surface area contributed by atoms with Gasteiger partial charge in [-0.05, 0) is 31.0 Å². The Morgan fingerprint density at radius 1 is 1.32 bits per heavy atom. The molecular formula is C18H19FN6. The molecule has 0 spiro atoms.